The minimum Gasteiger partial charge on any atom is -0.403 e. The van der Waals surface area contributed by atoms with Gasteiger partial charge in [0.2, 0.25) is 0 Å². The van der Waals surface area contributed by atoms with Gasteiger partial charge in [-0.25, -0.2) is 0 Å². The topological polar surface area (TPSA) is 82.6 Å². The molecule has 2 aromatic carbocycles. The van der Waals surface area contributed by atoms with Crippen LogP contribution in [-0.4, -0.2) is 57.1 Å². The summed E-state index contributed by atoms with van der Waals surface area (Å²) in [7, 11) is 6.03. The lowest BCUT2D eigenvalue weighted by Gasteiger charge is -2.32. The summed E-state index contributed by atoms with van der Waals surface area (Å²) in [6.07, 6.45) is 10.7. The normalized spacial score (nSPS) is 14.1. The van der Waals surface area contributed by atoms with Gasteiger partial charge in [0.05, 0.1) is 5.02 Å². The van der Waals surface area contributed by atoms with Crippen LogP contribution in [0.25, 0.3) is 5.70 Å². The van der Waals surface area contributed by atoms with Crippen molar-refractivity contribution in [2.75, 3.05) is 52.6 Å². The van der Waals surface area contributed by atoms with Crippen molar-refractivity contribution in [3.63, 3.8) is 0 Å². The van der Waals surface area contributed by atoms with Crippen LogP contribution in [-0.2, 0) is 6.54 Å². The van der Waals surface area contributed by atoms with E-state index < -0.39 is 0 Å². The van der Waals surface area contributed by atoms with Gasteiger partial charge in [-0.3, -0.25) is 4.90 Å². The maximum Gasteiger partial charge on any atom is 0.0501 e. The number of piperidine rings is 1. The van der Waals surface area contributed by atoms with E-state index in [2.05, 4.69) is 63.9 Å². The molecule has 1 aliphatic heterocycles. The summed E-state index contributed by atoms with van der Waals surface area (Å²) in [5.74, 6) is 0.618. The lowest BCUT2D eigenvalue weighted by Crippen LogP contribution is -2.34. The van der Waals surface area contributed by atoms with E-state index >= 15 is 0 Å². The molecular formula is C34H53ClN6. The maximum absolute atomic E-state index is 6.38. The number of hydrogen-bond donors (Lipinski definition) is 4. The van der Waals surface area contributed by atoms with Crippen molar-refractivity contribution in [1.29, 1.82) is 0 Å². The van der Waals surface area contributed by atoms with Gasteiger partial charge >= 0.3 is 0 Å². The molecule has 1 heterocycles. The molecule has 41 heavy (non-hydrogen) atoms. The highest BCUT2D eigenvalue weighted by molar-refractivity contribution is 6.32. The Morgan fingerprint density at radius 3 is 2.39 bits per heavy atom. The number of anilines is 1. The van der Waals surface area contributed by atoms with Crippen LogP contribution in [0.1, 0.15) is 42.9 Å². The predicted octanol–water partition coefficient (Wildman–Crippen LogP) is 6.61. The molecule has 0 spiro atoms. The van der Waals surface area contributed by atoms with Crippen molar-refractivity contribution >= 4 is 23.0 Å². The highest BCUT2D eigenvalue weighted by Gasteiger charge is 2.21. The molecule has 0 bridgehead atoms. The SMILES string of the molecule is C=C(N/C(=C/N)CC1CCN(Cc2cccc(NC)c2)CC1)c1c(C)cccc1Cl.C=C/C=C/CN(C)C.CCN. The van der Waals surface area contributed by atoms with Crippen molar-refractivity contribution in [2.24, 2.45) is 17.4 Å². The van der Waals surface area contributed by atoms with E-state index in [1.54, 1.807) is 12.3 Å². The Labute approximate surface area is 254 Å². The van der Waals surface area contributed by atoms with Crippen LogP contribution in [0.3, 0.4) is 0 Å². The van der Waals surface area contributed by atoms with Gasteiger partial charge in [0, 0.05) is 49.0 Å². The van der Waals surface area contributed by atoms with Gasteiger partial charge in [-0.2, -0.15) is 0 Å². The van der Waals surface area contributed by atoms with Crippen LogP contribution in [0.2, 0.25) is 5.02 Å². The smallest absolute Gasteiger partial charge is 0.0501 e. The Kier molecular flexibility index (Phi) is 18.3. The average molecular weight is 581 g/mol. The van der Waals surface area contributed by atoms with Crippen molar-refractivity contribution in [1.82, 2.24) is 15.1 Å². The zero-order chi connectivity index (χ0) is 30.6. The van der Waals surface area contributed by atoms with Gasteiger partial charge in [0.1, 0.15) is 0 Å². The summed E-state index contributed by atoms with van der Waals surface area (Å²) >= 11 is 6.38. The molecule has 6 N–H and O–H groups in total. The summed E-state index contributed by atoms with van der Waals surface area (Å²) in [5, 5.41) is 7.34. The number of nitrogens with two attached hydrogens (primary N) is 2. The highest BCUT2D eigenvalue weighted by Crippen LogP contribution is 2.28. The summed E-state index contributed by atoms with van der Waals surface area (Å²) in [6.45, 7) is 16.7. The van der Waals surface area contributed by atoms with E-state index in [0.717, 1.165) is 61.7 Å². The minimum absolute atomic E-state index is 0.618. The van der Waals surface area contributed by atoms with Crippen LogP contribution in [0.15, 0.2) is 85.7 Å². The first-order valence-electron chi connectivity index (χ1n) is 14.4. The molecule has 6 nitrogen and oxygen atoms in total. The summed E-state index contributed by atoms with van der Waals surface area (Å²) in [6, 6.07) is 14.5. The standard InChI is InChI=1S/C25H33ClN4.C7H13N.C2H7N/c1-18-6-4-9-24(26)25(18)19(2)29-23(16-27)14-20-10-12-30(13-11-20)17-21-7-5-8-22(15-21)28-3;1-4-5-6-7-8(2)3;1-2-3/h4-9,15-16,20,28-29H,2,10-14,17,27H2,1,3H3;4-6H,1,7H2,2-3H3;2-3H2,1H3/b23-16+;6-5+;. The van der Waals surface area contributed by atoms with Gasteiger partial charge in [-0.15, -0.1) is 0 Å². The van der Waals surface area contributed by atoms with E-state index in [1.165, 1.54) is 24.1 Å². The van der Waals surface area contributed by atoms with Crippen LogP contribution in [0, 0.1) is 12.8 Å². The first kappa shape index (κ1) is 36.0. The zero-order valence-electron chi connectivity index (χ0n) is 25.9. The fourth-order valence-corrected chi connectivity index (χ4v) is 4.88. The van der Waals surface area contributed by atoms with E-state index in [9.17, 15) is 0 Å². The monoisotopic (exact) mass is 580 g/mol. The number of hydrogen-bond acceptors (Lipinski definition) is 6. The molecule has 226 valence electrons. The Bertz CT molecular complexity index is 1080. The maximum atomic E-state index is 6.38. The molecule has 0 amide bonds. The number of rotatable bonds is 11. The Balaban J connectivity index is 0.000000651. The molecule has 0 atom stereocenters. The van der Waals surface area contributed by atoms with E-state index in [4.69, 9.17) is 23.1 Å². The third-order valence-electron chi connectivity index (χ3n) is 6.62. The quantitative estimate of drug-likeness (QED) is 0.224. The van der Waals surface area contributed by atoms with Crippen molar-refractivity contribution in [2.45, 2.75) is 39.7 Å². The lowest BCUT2D eigenvalue weighted by molar-refractivity contribution is 0.176. The Morgan fingerprint density at radius 2 is 1.83 bits per heavy atom. The fourth-order valence-electron chi connectivity index (χ4n) is 4.54. The first-order valence-corrected chi connectivity index (χ1v) is 14.8. The van der Waals surface area contributed by atoms with E-state index in [1.807, 2.05) is 59.3 Å². The predicted molar refractivity (Wildman–Crippen MR) is 182 cm³/mol. The molecule has 7 heteroatoms. The van der Waals surface area contributed by atoms with Gasteiger partial charge < -0.3 is 27.0 Å². The number of nitrogens with one attached hydrogen (secondary N) is 2. The van der Waals surface area contributed by atoms with E-state index in [0.29, 0.717) is 10.9 Å². The van der Waals surface area contributed by atoms with Crippen molar-refractivity contribution in [3.05, 3.63) is 107 Å². The molecule has 1 aliphatic rings. The van der Waals surface area contributed by atoms with Crippen molar-refractivity contribution in [3.8, 4) is 0 Å². The molecule has 0 unspecified atom stereocenters. The molecule has 1 fully saturated rings. The van der Waals surface area contributed by atoms with Crippen LogP contribution >= 0.6 is 11.6 Å². The molecule has 0 radical (unpaired) electrons. The number of halogens is 1. The molecular weight excluding hydrogens is 528 g/mol. The molecule has 2 aromatic rings. The van der Waals surface area contributed by atoms with Gasteiger partial charge in [0.25, 0.3) is 0 Å². The van der Waals surface area contributed by atoms with Gasteiger partial charge in [-0.1, -0.05) is 74.2 Å². The third-order valence-corrected chi connectivity index (χ3v) is 6.93. The molecule has 0 aliphatic carbocycles. The van der Waals surface area contributed by atoms with Crippen LogP contribution < -0.4 is 22.1 Å². The summed E-state index contributed by atoms with van der Waals surface area (Å²) in [4.78, 5) is 4.64. The summed E-state index contributed by atoms with van der Waals surface area (Å²) < 4.78 is 0. The fraction of sp³-hybridized carbons (Fsp3) is 0.412. The molecule has 1 saturated heterocycles. The minimum atomic E-state index is 0.618. The molecule has 0 saturated carbocycles. The van der Waals surface area contributed by atoms with E-state index in [-0.39, 0.29) is 0 Å². The lowest BCUT2D eigenvalue weighted by atomic mass is 9.91. The number of nitrogens with zero attached hydrogens (tertiary/aromatic N) is 2. The first-order chi connectivity index (χ1) is 19.7. The third kappa shape index (κ3) is 14.4. The second-order valence-electron chi connectivity index (χ2n) is 10.4. The van der Waals surface area contributed by atoms with Crippen LogP contribution in [0.4, 0.5) is 5.69 Å². The zero-order valence-corrected chi connectivity index (χ0v) is 26.7. The highest BCUT2D eigenvalue weighted by atomic mass is 35.5. The second-order valence-corrected chi connectivity index (χ2v) is 10.8. The average Bonchev–Trinajstić information content (AvgIpc) is 2.94. The number of allylic oxidation sites excluding steroid dienone is 3. The largest absolute Gasteiger partial charge is 0.403 e. The Hall–Kier alpha value is -3.03. The van der Waals surface area contributed by atoms with Gasteiger partial charge in [-0.05, 0) is 95.2 Å². The molecule has 0 aromatic heterocycles. The Morgan fingerprint density at radius 1 is 1.17 bits per heavy atom. The number of likely N-dealkylation sites (N-methyl/N-ethyl adjacent to an activating group) is 1. The number of likely N-dealkylation sites (tertiary alicyclic amines) is 1. The van der Waals surface area contributed by atoms with Gasteiger partial charge in [0.15, 0.2) is 0 Å². The number of benzene rings is 2. The second kappa shape index (κ2) is 20.8. The molecule has 3 rings (SSSR count). The summed E-state index contributed by atoms with van der Waals surface area (Å²) in [5.41, 5.74) is 17.2. The number of aryl methyl sites for hydroxylation is 1. The van der Waals surface area contributed by atoms with Crippen molar-refractivity contribution < 1.29 is 0 Å². The van der Waals surface area contributed by atoms with Crippen LogP contribution in [0.5, 0.6) is 0 Å².